The van der Waals surface area contributed by atoms with Crippen molar-refractivity contribution in [1.29, 1.82) is 0 Å². The summed E-state index contributed by atoms with van der Waals surface area (Å²) in [5.41, 5.74) is 0. The van der Waals surface area contributed by atoms with Crippen molar-refractivity contribution in [2.45, 2.75) is 44.8 Å². The number of unbranched alkanes of at least 4 members (excludes halogenated alkanes) is 1. The fourth-order valence-corrected chi connectivity index (χ4v) is 1.18. The van der Waals surface area contributed by atoms with Crippen LogP contribution in [-0.2, 0) is 11.2 Å². The molecule has 0 aliphatic rings. The van der Waals surface area contributed by atoms with Gasteiger partial charge in [0.15, 0.2) is 0 Å². The Labute approximate surface area is 67.4 Å². The van der Waals surface area contributed by atoms with Crippen LogP contribution >= 0.6 is 0 Å². The molecule has 0 saturated heterocycles. The summed E-state index contributed by atoms with van der Waals surface area (Å²) < 4.78 is 11.1. The molecule has 0 aromatic heterocycles. The number of hydrogen-bond donors (Lipinski definition) is 0. The van der Waals surface area contributed by atoms with Crippen LogP contribution < -0.4 is 0 Å². The lowest BCUT2D eigenvalue weighted by Crippen LogP contribution is -2.30. The molecular formula is C8H18OS. The minimum atomic E-state index is -0.677. The summed E-state index contributed by atoms with van der Waals surface area (Å²) in [7, 11) is 0. The second-order valence-corrected chi connectivity index (χ2v) is 5.33. The van der Waals surface area contributed by atoms with Crippen LogP contribution in [0.15, 0.2) is 0 Å². The molecule has 1 unspecified atom stereocenters. The van der Waals surface area contributed by atoms with Crippen LogP contribution in [0.4, 0.5) is 0 Å². The van der Waals surface area contributed by atoms with E-state index in [9.17, 15) is 4.55 Å². The molecule has 0 rings (SSSR count). The van der Waals surface area contributed by atoms with Crippen molar-refractivity contribution in [3.05, 3.63) is 0 Å². The molecule has 0 heterocycles. The Hall–Kier alpha value is 0.310. The highest BCUT2D eigenvalue weighted by Gasteiger charge is 2.26. The Morgan fingerprint density at radius 1 is 1.40 bits per heavy atom. The van der Waals surface area contributed by atoms with E-state index in [1.165, 1.54) is 12.8 Å². The highest BCUT2D eigenvalue weighted by molar-refractivity contribution is 7.92. The molecule has 0 fully saturated rings. The quantitative estimate of drug-likeness (QED) is 0.582. The summed E-state index contributed by atoms with van der Waals surface area (Å²) in [5.74, 6) is 0. The van der Waals surface area contributed by atoms with E-state index in [2.05, 4.69) is 20.8 Å². The van der Waals surface area contributed by atoms with E-state index >= 15 is 0 Å². The highest BCUT2D eigenvalue weighted by atomic mass is 32.2. The van der Waals surface area contributed by atoms with Gasteiger partial charge in [-0.1, -0.05) is 24.5 Å². The summed E-state index contributed by atoms with van der Waals surface area (Å²) >= 11 is -0.677. The first kappa shape index (κ1) is 10.3. The van der Waals surface area contributed by atoms with Crippen molar-refractivity contribution >= 4 is 11.2 Å². The number of rotatable bonds is 4. The monoisotopic (exact) mass is 162 g/mol. The second-order valence-electron chi connectivity index (χ2n) is 3.32. The highest BCUT2D eigenvalue weighted by Crippen LogP contribution is 2.21. The van der Waals surface area contributed by atoms with Crippen LogP contribution in [0.2, 0.25) is 0 Å². The smallest absolute Gasteiger partial charge is 0.119 e. The predicted octanol–water partition coefficient (Wildman–Crippen LogP) is 2.33. The van der Waals surface area contributed by atoms with Crippen LogP contribution in [-0.4, -0.2) is 15.6 Å². The van der Waals surface area contributed by atoms with Crippen LogP contribution in [0.1, 0.15) is 40.0 Å². The molecule has 1 atom stereocenters. The van der Waals surface area contributed by atoms with Crippen LogP contribution in [0.25, 0.3) is 0 Å². The van der Waals surface area contributed by atoms with Gasteiger partial charge in [-0.25, -0.2) is 0 Å². The molecule has 1 nitrogen and oxygen atoms in total. The second kappa shape index (κ2) is 4.24. The normalized spacial score (nSPS) is 15.3. The van der Waals surface area contributed by atoms with Gasteiger partial charge in [-0.3, -0.25) is 0 Å². The summed E-state index contributed by atoms with van der Waals surface area (Å²) in [6.07, 6.45) is 5.25. The summed E-state index contributed by atoms with van der Waals surface area (Å²) in [5, 5.41) is 0. The maximum atomic E-state index is 11.1. The third kappa shape index (κ3) is 3.47. The SMILES string of the molecule is CCCCC(C)(C)[S+](C)[O-]. The standard InChI is InChI=1S/C8H18OS/c1-5-6-7-8(2,3)10(4)9/h5-7H2,1-4H3. The van der Waals surface area contributed by atoms with E-state index in [1.54, 1.807) is 6.26 Å². The molecule has 10 heavy (non-hydrogen) atoms. The molecular weight excluding hydrogens is 144 g/mol. The van der Waals surface area contributed by atoms with Gasteiger partial charge in [0.05, 0.1) is 6.26 Å². The Morgan fingerprint density at radius 2 is 1.90 bits per heavy atom. The summed E-state index contributed by atoms with van der Waals surface area (Å²) in [6, 6.07) is 0. The maximum absolute atomic E-state index is 11.1. The van der Waals surface area contributed by atoms with E-state index in [0.29, 0.717) is 0 Å². The molecule has 2 heteroatoms. The van der Waals surface area contributed by atoms with E-state index in [0.717, 1.165) is 6.42 Å². The average molecular weight is 162 g/mol. The molecule has 0 aromatic rings. The van der Waals surface area contributed by atoms with E-state index < -0.39 is 11.2 Å². The van der Waals surface area contributed by atoms with Crippen LogP contribution in [0, 0.1) is 0 Å². The van der Waals surface area contributed by atoms with Gasteiger partial charge >= 0.3 is 0 Å². The van der Waals surface area contributed by atoms with Crippen molar-refractivity contribution in [2.24, 2.45) is 0 Å². The fourth-order valence-electron chi connectivity index (χ4n) is 0.746. The van der Waals surface area contributed by atoms with E-state index in [-0.39, 0.29) is 4.75 Å². The first-order valence-corrected chi connectivity index (χ1v) is 5.40. The molecule has 0 amide bonds. The first-order valence-electron chi connectivity index (χ1n) is 3.84. The van der Waals surface area contributed by atoms with Gasteiger partial charge < -0.3 is 4.55 Å². The molecule has 0 aliphatic heterocycles. The van der Waals surface area contributed by atoms with Gasteiger partial charge in [0.2, 0.25) is 0 Å². The lowest BCUT2D eigenvalue weighted by atomic mass is 10.1. The van der Waals surface area contributed by atoms with Gasteiger partial charge in [0.1, 0.15) is 4.75 Å². The van der Waals surface area contributed by atoms with Crippen molar-refractivity contribution in [3.8, 4) is 0 Å². The zero-order valence-electron chi connectivity index (χ0n) is 7.44. The van der Waals surface area contributed by atoms with Gasteiger partial charge in [0.25, 0.3) is 0 Å². The molecule has 0 saturated carbocycles. The lowest BCUT2D eigenvalue weighted by Gasteiger charge is -2.25. The minimum absolute atomic E-state index is 0.0238. The Bertz CT molecular complexity index is 89.3. The van der Waals surface area contributed by atoms with Crippen molar-refractivity contribution in [3.63, 3.8) is 0 Å². The molecule has 0 bridgehead atoms. The average Bonchev–Trinajstić information content (AvgIpc) is 1.84. The van der Waals surface area contributed by atoms with E-state index in [1.807, 2.05) is 0 Å². The Morgan fingerprint density at radius 3 is 2.20 bits per heavy atom. The molecule has 62 valence electrons. The van der Waals surface area contributed by atoms with Crippen LogP contribution in [0.5, 0.6) is 0 Å². The van der Waals surface area contributed by atoms with Crippen molar-refractivity contribution in [2.75, 3.05) is 6.26 Å². The lowest BCUT2D eigenvalue weighted by molar-refractivity contribution is 0.517. The largest absolute Gasteiger partial charge is 0.616 e. The molecule has 0 aromatic carbocycles. The molecule has 0 N–H and O–H groups in total. The Kier molecular flexibility index (Phi) is 4.37. The molecule has 0 radical (unpaired) electrons. The predicted molar refractivity (Wildman–Crippen MR) is 47.7 cm³/mol. The van der Waals surface area contributed by atoms with Gasteiger partial charge in [-0.15, -0.1) is 0 Å². The number of hydrogen-bond acceptors (Lipinski definition) is 1. The minimum Gasteiger partial charge on any atom is -0.616 e. The van der Waals surface area contributed by atoms with Gasteiger partial charge in [-0.05, 0) is 26.7 Å². The van der Waals surface area contributed by atoms with Gasteiger partial charge in [0, 0.05) is 0 Å². The molecule has 0 aliphatic carbocycles. The van der Waals surface area contributed by atoms with Crippen molar-refractivity contribution in [1.82, 2.24) is 0 Å². The topological polar surface area (TPSA) is 23.1 Å². The maximum Gasteiger partial charge on any atom is 0.119 e. The Balaban J connectivity index is 3.63. The zero-order chi connectivity index (χ0) is 8.20. The van der Waals surface area contributed by atoms with Crippen LogP contribution in [0.3, 0.4) is 0 Å². The first-order chi connectivity index (χ1) is 4.50. The fraction of sp³-hybridized carbons (Fsp3) is 1.00. The zero-order valence-corrected chi connectivity index (χ0v) is 8.25. The summed E-state index contributed by atoms with van der Waals surface area (Å²) in [4.78, 5) is 0. The van der Waals surface area contributed by atoms with Gasteiger partial charge in [-0.2, -0.15) is 0 Å². The van der Waals surface area contributed by atoms with Crippen molar-refractivity contribution < 1.29 is 4.55 Å². The third-order valence-corrected chi connectivity index (χ3v) is 3.67. The van der Waals surface area contributed by atoms with E-state index in [4.69, 9.17) is 0 Å². The third-order valence-electron chi connectivity index (χ3n) is 1.91. The summed E-state index contributed by atoms with van der Waals surface area (Å²) in [6.45, 7) is 6.30. The molecule has 0 spiro atoms.